The van der Waals surface area contributed by atoms with Gasteiger partial charge in [0.2, 0.25) is 0 Å². The summed E-state index contributed by atoms with van der Waals surface area (Å²) in [7, 11) is 0. The van der Waals surface area contributed by atoms with Crippen LogP contribution in [0.4, 0.5) is 0 Å². The summed E-state index contributed by atoms with van der Waals surface area (Å²) >= 11 is 0. The lowest BCUT2D eigenvalue weighted by atomic mass is 9.61. The zero-order chi connectivity index (χ0) is 21.0. The van der Waals surface area contributed by atoms with Crippen molar-refractivity contribution in [3.05, 3.63) is 59.7 Å². The van der Waals surface area contributed by atoms with E-state index in [9.17, 15) is 9.59 Å². The van der Waals surface area contributed by atoms with Crippen LogP contribution in [0.5, 0.6) is 0 Å². The monoisotopic (exact) mass is 394 g/mol. The normalized spacial score (nSPS) is 15.7. The maximum atomic E-state index is 13.1. The van der Waals surface area contributed by atoms with E-state index in [0.29, 0.717) is 13.2 Å². The standard InChI is InChI=1S/C25H30O4/c1-5-15-28-23(26)17(3)25(18(4)24(27)29-16-6-2)21-13-9-7-11-19(21)20-12-8-10-14-22(20)25/h7-14,17-18H,5-6,15-16H2,1-4H3. The van der Waals surface area contributed by atoms with Crippen molar-refractivity contribution in [2.45, 2.75) is 46.0 Å². The largest absolute Gasteiger partial charge is 0.465 e. The van der Waals surface area contributed by atoms with Crippen molar-refractivity contribution in [3.8, 4) is 11.1 Å². The number of hydrogen-bond donors (Lipinski definition) is 0. The Kier molecular flexibility index (Phi) is 6.41. The molecule has 2 aromatic rings. The Labute approximate surface area is 173 Å². The van der Waals surface area contributed by atoms with Crippen LogP contribution in [0.1, 0.15) is 51.7 Å². The molecule has 0 heterocycles. The number of fused-ring (bicyclic) bond motifs is 3. The first-order valence-electron chi connectivity index (χ1n) is 10.5. The minimum absolute atomic E-state index is 0.284. The van der Waals surface area contributed by atoms with E-state index < -0.39 is 17.3 Å². The van der Waals surface area contributed by atoms with E-state index in [2.05, 4.69) is 12.1 Å². The minimum atomic E-state index is -0.831. The fourth-order valence-electron chi connectivity index (χ4n) is 4.64. The van der Waals surface area contributed by atoms with Gasteiger partial charge in [-0.1, -0.05) is 76.2 Å². The Morgan fingerprint density at radius 1 is 0.759 bits per heavy atom. The van der Waals surface area contributed by atoms with Gasteiger partial charge in [-0.15, -0.1) is 0 Å². The smallest absolute Gasteiger partial charge is 0.309 e. The summed E-state index contributed by atoms with van der Waals surface area (Å²) in [6.07, 6.45) is 1.51. The molecule has 0 N–H and O–H groups in total. The number of carbonyl (C=O) groups excluding carboxylic acids is 2. The lowest BCUT2D eigenvalue weighted by Crippen LogP contribution is -2.47. The number of rotatable bonds is 8. The Morgan fingerprint density at radius 3 is 1.52 bits per heavy atom. The van der Waals surface area contributed by atoms with Crippen molar-refractivity contribution < 1.29 is 19.1 Å². The Bertz CT molecular complexity index is 812. The van der Waals surface area contributed by atoms with Gasteiger partial charge in [-0.05, 0) is 35.1 Å². The van der Waals surface area contributed by atoms with E-state index in [1.165, 1.54) is 0 Å². The van der Waals surface area contributed by atoms with Crippen molar-refractivity contribution in [2.24, 2.45) is 11.8 Å². The third-order valence-electron chi connectivity index (χ3n) is 6.01. The Hall–Kier alpha value is -2.62. The van der Waals surface area contributed by atoms with Gasteiger partial charge in [0.1, 0.15) is 0 Å². The summed E-state index contributed by atoms with van der Waals surface area (Å²) < 4.78 is 11.1. The second-order valence-electron chi connectivity index (χ2n) is 7.74. The van der Waals surface area contributed by atoms with Crippen LogP contribution >= 0.6 is 0 Å². The van der Waals surface area contributed by atoms with E-state index in [1.807, 2.05) is 64.1 Å². The van der Waals surface area contributed by atoms with E-state index in [1.54, 1.807) is 0 Å². The fraction of sp³-hybridized carbons (Fsp3) is 0.440. The van der Waals surface area contributed by atoms with E-state index in [-0.39, 0.29) is 11.9 Å². The highest BCUT2D eigenvalue weighted by Gasteiger charge is 2.55. The van der Waals surface area contributed by atoms with Crippen LogP contribution in [0.2, 0.25) is 0 Å². The molecule has 0 spiro atoms. The number of carbonyl (C=O) groups is 2. The molecular weight excluding hydrogens is 364 g/mol. The molecule has 2 unspecified atom stereocenters. The van der Waals surface area contributed by atoms with Gasteiger partial charge < -0.3 is 9.47 Å². The molecule has 2 atom stereocenters. The van der Waals surface area contributed by atoms with Crippen molar-refractivity contribution >= 4 is 11.9 Å². The van der Waals surface area contributed by atoms with Crippen LogP contribution in [0.3, 0.4) is 0 Å². The Balaban J connectivity index is 2.21. The van der Waals surface area contributed by atoms with Gasteiger partial charge in [0, 0.05) is 5.41 Å². The average molecular weight is 395 g/mol. The predicted molar refractivity (Wildman–Crippen MR) is 113 cm³/mol. The van der Waals surface area contributed by atoms with Crippen LogP contribution in [-0.4, -0.2) is 25.2 Å². The van der Waals surface area contributed by atoms with Gasteiger partial charge in [-0.25, -0.2) is 0 Å². The van der Waals surface area contributed by atoms with Crippen LogP contribution in [-0.2, 0) is 24.5 Å². The fourth-order valence-corrected chi connectivity index (χ4v) is 4.64. The molecule has 0 bridgehead atoms. The summed E-state index contributed by atoms with van der Waals surface area (Å²) in [5.74, 6) is -1.65. The molecule has 0 aliphatic heterocycles. The molecule has 0 radical (unpaired) electrons. The van der Waals surface area contributed by atoms with E-state index in [4.69, 9.17) is 9.47 Å². The molecule has 2 aromatic carbocycles. The van der Waals surface area contributed by atoms with Gasteiger partial charge in [0.25, 0.3) is 0 Å². The number of ether oxygens (including phenoxy) is 2. The van der Waals surface area contributed by atoms with Gasteiger partial charge in [-0.2, -0.15) is 0 Å². The molecular formula is C25H30O4. The number of benzene rings is 2. The molecule has 29 heavy (non-hydrogen) atoms. The maximum absolute atomic E-state index is 13.1. The maximum Gasteiger partial charge on any atom is 0.309 e. The highest BCUT2D eigenvalue weighted by Crippen LogP contribution is 2.56. The topological polar surface area (TPSA) is 52.6 Å². The Morgan fingerprint density at radius 2 is 1.14 bits per heavy atom. The lowest BCUT2D eigenvalue weighted by molar-refractivity contribution is -0.155. The lowest BCUT2D eigenvalue weighted by Gasteiger charge is -2.40. The first-order chi connectivity index (χ1) is 14.0. The predicted octanol–water partition coefficient (Wildman–Crippen LogP) is 5.13. The molecule has 0 amide bonds. The van der Waals surface area contributed by atoms with Crippen LogP contribution in [0.15, 0.2) is 48.5 Å². The SMILES string of the molecule is CCCOC(=O)C(C)C1(C(C)C(=O)OCCC)c2ccccc2-c2ccccc21. The van der Waals surface area contributed by atoms with Crippen molar-refractivity contribution in [1.29, 1.82) is 0 Å². The van der Waals surface area contributed by atoms with Gasteiger partial charge in [0.15, 0.2) is 0 Å². The van der Waals surface area contributed by atoms with Gasteiger partial charge in [0.05, 0.1) is 25.0 Å². The molecule has 0 saturated heterocycles. The van der Waals surface area contributed by atoms with Crippen molar-refractivity contribution in [2.75, 3.05) is 13.2 Å². The van der Waals surface area contributed by atoms with Crippen LogP contribution in [0, 0.1) is 11.8 Å². The zero-order valence-corrected chi connectivity index (χ0v) is 17.7. The summed E-state index contributed by atoms with van der Waals surface area (Å²) in [6.45, 7) is 8.44. The van der Waals surface area contributed by atoms with Crippen molar-refractivity contribution in [3.63, 3.8) is 0 Å². The number of esters is 2. The quantitative estimate of drug-likeness (QED) is 0.582. The second-order valence-corrected chi connectivity index (χ2v) is 7.74. The molecule has 0 saturated carbocycles. The third kappa shape index (κ3) is 3.45. The van der Waals surface area contributed by atoms with E-state index >= 15 is 0 Å². The average Bonchev–Trinajstić information content (AvgIpc) is 3.06. The summed E-state index contributed by atoms with van der Waals surface area (Å²) in [5.41, 5.74) is 3.27. The summed E-state index contributed by atoms with van der Waals surface area (Å²) in [4.78, 5) is 26.2. The molecule has 1 aliphatic rings. The van der Waals surface area contributed by atoms with E-state index in [0.717, 1.165) is 35.1 Å². The second kappa shape index (κ2) is 8.81. The molecule has 1 aliphatic carbocycles. The molecule has 4 heteroatoms. The first kappa shape index (κ1) is 21.1. The highest BCUT2D eigenvalue weighted by molar-refractivity contribution is 5.90. The third-order valence-corrected chi connectivity index (χ3v) is 6.01. The zero-order valence-electron chi connectivity index (χ0n) is 17.7. The molecule has 3 rings (SSSR count). The summed E-state index contributed by atoms with van der Waals surface area (Å²) in [5, 5.41) is 0. The molecule has 0 aromatic heterocycles. The molecule has 0 fully saturated rings. The molecule has 4 nitrogen and oxygen atoms in total. The number of hydrogen-bond acceptors (Lipinski definition) is 4. The van der Waals surface area contributed by atoms with Gasteiger partial charge in [-0.3, -0.25) is 9.59 Å². The van der Waals surface area contributed by atoms with Crippen LogP contribution in [0.25, 0.3) is 11.1 Å². The van der Waals surface area contributed by atoms with Crippen molar-refractivity contribution in [1.82, 2.24) is 0 Å². The minimum Gasteiger partial charge on any atom is -0.465 e. The van der Waals surface area contributed by atoms with Gasteiger partial charge >= 0.3 is 11.9 Å². The van der Waals surface area contributed by atoms with Crippen LogP contribution < -0.4 is 0 Å². The highest BCUT2D eigenvalue weighted by atomic mass is 16.5. The summed E-state index contributed by atoms with van der Waals surface area (Å²) in [6, 6.07) is 16.1. The first-order valence-corrected chi connectivity index (χ1v) is 10.5. The molecule has 154 valence electrons.